The molecule has 1 aliphatic carbocycles. The van der Waals surface area contributed by atoms with Gasteiger partial charge in [-0.25, -0.2) is 9.97 Å². The van der Waals surface area contributed by atoms with E-state index in [-0.39, 0.29) is 0 Å². The topological polar surface area (TPSA) is 38.9 Å². The molecule has 2 heterocycles. The van der Waals surface area contributed by atoms with Crippen molar-refractivity contribution in [2.75, 3.05) is 0 Å². The van der Waals surface area contributed by atoms with Crippen LogP contribution in [0.1, 0.15) is 0 Å². The van der Waals surface area contributed by atoms with Gasteiger partial charge in [-0.1, -0.05) is 133 Å². The molecule has 0 saturated heterocycles. The highest BCUT2D eigenvalue weighted by atomic mass is 16.3. The molecule has 3 nitrogen and oxygen atoms in total. The minimum atomic E-state index is 0.678. The minimum Gasteiger partial charge on any atom is -0.456 e. The first-order valence-electron chi connectivity index (χ1n) is 17.3. The molecule has 236 valence electrons. The number of aromatic nitrogens is 2. The maximum Gasteiger partial charge on any atom is 0.160 e. The van der Waals surface area contributed by atoms with Gasteiger partial charge in [-0.3, -0.25) is 0 Å². The monoisotopic (exact) mass is 648 g/mol. The van der Waals surface area contributed by atoms with Gasteiger partial charge in [0.1, 0.15) is 11.2 Å². The molecule has 0 bridgehead atoms. The van der Waals surface area contributed by atoms with Crippen LogP contribution < -0.4 is 0 Å². The predicted molar refractivity (Wildman–Crippen MR) is 210 cm³/mol. The molecule has 3 heteroatoms. The van der Waals surface area contributed by atoms with E-state index in [0.29, 0.717) is 5.82 Å². The predicted octanol–water partition coefficient (Wildman–Crippen LogP) is 13.0. The number of nitrogens with zero attached hydrogens (tertiary/aromatic N) is 2. The Morgan fingerprint density at radius 1 is 0.333 bits per heavy atom. The largest absolute Gasteiger partial charge is 0.456 e. The van der Waals surface area contributed by atoms with Crippen molar-refractivity contribution in [1.29, 1.82) is 0 Å². The van der Waals surface area contributed by atoms with E-state index in [9.17, 15) is 0 Å². The van der Waals surface area contributed by atoms with Crippen molar-refractivity contribution in [1.82, 2.24) is 9.97 Å². The van der Waals surface area contributed by atoms with E-state index in [1.807, 2.05) is 6.07 Å². The Labute approximate surface area is 294 Å². The van der Waals surface area contributed by atoms with Gasteiger partial charge >= 0.3 is 0 Å². The summed E-state index contributed by atoms with van der Waals surface area (Å²) >= 11 is 0. The van der Waals surface area contributed by atoms with Crippen LogP contribution in [0, 0.1) is 0 Å². The van der Waals surface area contributed by atoms with Crippen LogP contribution in [0.2, 0.25) is 0 Å². The lowest BCUT2D eigenvalue weighted by Crippen LogP contribution is -1.96. The van der Waals surface area contributed by atoms with E-state index in [1.165, 1.54) is 54.9 Å². The number of fused-ring (bicyclic) bond motifs is 8. The van der Waals surface area contributed by atoms with Crippen molar-refractivity contribution >= 4 is 43.5 Å². The van der Waals surface area contributed by atoms with Crippen LogP contribution >= 0.6 is 0 Å². The summed E-state index contributed by atoms with van der Waals surface area (Å²) < 4.78 is 6.57. The second-order valence-electron chi connectivity index (χ2n) is 13.4. The van der Waals surface area contributed by atoms with Gasteiger partial charge < -0.3 is 4.42 Å². The third-order valence-electron chi connectivity index (χ3n) is 10.4. The molecular weight excluding hydrogens is 621 g/mol. The van der Waals surface area contributed by atoms with E-state index in [0.717, 1.165) is 50.0 Å². The van der Waals surface area contributed by atoms with Crippen molar-refractivity contribution in [2.24, 2.45) is 0 Å². The van der Waals surface area contributed by atoms with Gasteiger partial charge in [-0.15, -0.1) is 0 Å². The first kappa shape index (κ1) is 28.0. The lowest BCUT2D eigenvalue weighted by atomic mass is 9.97. The maximum absolute atomic E-state index is 6.57. The molecule has 0 aliphatic heterocycles. The summed E-state index contributed by atoms with van der Waals surface area (Å²) in [5.74, 6) is 0.678. The van der Waals surface area contributed by atoms with E-state index in [2.05, 4.69) is 164 Å². The van der Waals surface area contributed by atoms with E-state index < -0.39 is 0 Å². The molecule has 0 atom stereocenters. The lowest BCUT2D eigenvalue weighted by Gasteiger charge is -2.11. The SMILES string of the molecule is c1ccc(-c2ccc(-c3cc(-c4ccc5ccccc5c4)nc(-c4ccc5oc6cc7c8c(cccc8c6c5c4)-c4ccccc4-7)n3)cc2)cc1. The molecule has 1 aliphatic rings. The van der Waals surface area contributed by atoms with Gasteiger partial charge in [0.25, 0.3) is 0 Å². The third kappa shape index (κ3) is 4.38. The molecule has 0 fully saturated rings. The maximum atomic E-state index is 6.57. The molecular formula is C48H28N2O. The number of hydrogen-bond donors (Lipinski definition) is 0. The van der Waals surface area contributed by atoms with Crippen LogP contribution in [-0.2, 0) is 0 Å². The van der Waals surface area contributed by atoms with Crippen LogP contribution in [0.15, 0.2) is 174 Å². The average Bonchev–Trinajstić information content (AvgIpc) is 3.74. The summed E-state index contributed by atoms with van der Waals surface area (Å²) in [4.78, 5) is 10.4. The highest BCUT2D eigenvalue weighted by molar-refractivity contribution is 6.28. The standard InChI is InChI=1S/C48H28N2O/c1-2-9-29(10-3-1)31-17-20-32(21-18-31)42-28-43(34-22-19-30-11-4-5-12-33(30)25-34)50-48(49-42)35-23-24-44-41(26-35)47-39-16-8-15-38-36-13-6-7-14-37(36)40(46(38)39)27-45(47)51-44/h1-28H. The van der Waals surface area contributed by atoms with Crippen LogP contribution in [0.25, 0.3) is 111 Å². The molecule has 0 amide bonds. The summed E-state index contributed by atoms with van der Waals surface area (Å²) in [6, 6.07) is 60.1. The van der Waals surface area contributed by atoms with Crippen molar-refractivity contribution < 1.29 is 4.42 Å². The fourth-order valence-electron chi connectivity index (χ4n) is 7.96. The number of benzene rings is 8. The smallest absolute Gasteiger partial charge is 0.160 e. The molecule has 2 aromatic heterocycles. The Kier molecular flexibility index (Phi) is 5.96. The van der Waals surface area contributed by atoms with Crippen LogP contribution in [-0.4, -0.2) is 9.97 Å². The van der Waals surface area contributed by atoms with E-state index in [4.69, 9.17) is 14.4 Å². The highest BCUT2D eigenvalue weighted by Crippen LogP contribution is 2.50. The molecule has 0 N–H and O–H groups in total. The van der Waals surface area contributed by atoms with Gasteiger partial charge in [0.05, 0.1) is 11.4 Å². The molecule has 0 radical (unpaired) electrons. The van der Waals surface area contributed by atoms with Crippen molar-refractivity contribution in [2.45, 2.75) is 0 Å². The van der Waals surface area contributed by atoms with Gasteiger partial charge in [0.15, 0.2) is 5.82 Å². The summed E-state index contributed by atoms with van der Waals surface area (Å²) in [5, 5.41) is 7.07. The van der Waals surface area contributed by atoms with Gasteiger partial charge in [-0.05, 0) is 91.3 Å². The Bertz CT molecular complexity index is 3010. The first-order valence-corrected chi connectivity index (χ1v) is 17.3. The normalized spacial score (nSPS) is 11.9. The van der Waals surface area contributed by atoms with Crippen molar-refractivity contribution in [3.8, 4) is 67.3 Å². The number of furan rings is 1. The quantitative estimate of drug-likeness (QED) is 0.191. The Balaban J connectivity index is 1.11. The van der Waals surface area contributed by atoms with Gasteiger partial charge in [0.2, 0.25) is 0 Å². The summed E-state index contributed by atoms with van der Waals surface area (Å²) in [5.41, 5.74) is 14.0. The molecule has 11 rings (SSSR count). The molecule has 10 aromatic rings. The van der Waals surface area contributed by atoms with E-state index in [1.54, 1.807) is 0 Å². The Morgan fingerprint density at radius 3 is 1.82 bits per heavy atom. The zero-order valence-corrected chi connectivity index (χ0v) is 27.5. The third-order valence-corrected chi connectivity index (χ3v) is 10.4. The lowest BCUT2D eigenvalue weighted by molar-refractivity contribution is 0.669. The Morgan fingerprint density at radius 2 is 0.980 bits per heavy atom. The number of rotatable bonds is 4. The van der Waals surface area contributed by atoms with Crippen LogP contribution in [0.5, 0.6) is 0 Å². The van der Waals surface area contributed by atoms with Crippen LogP contribution in [0.4, 0.5) is 0 Å². The molecule has 0 spiro atoms. The molecule has 51 heavy (non-hydrogen) atoms. The van der Waals surface area contributed by atoms with Crippen molar-refractivity contribution in [3.63, 3.8) is 0 Å². The second-order valence-corrected chi connectivity index (χ2v) is 13.4. The van der Waals surface area contributed by atoms with E-state index >= 15 is 0 Å². The molecule has 0 unspecified atom stereocenters. The summed E-state index contributed by atoms with van der Waals surface area (Å²) in [6.45, 7) is 0. The average molecular weight is 649 g/mol. The Hall–Kier alpha value is -6.84. The summed E-state index contributed by atoms with van der Waals surface area (Å²) in [7, 11) is 0. The highest BCUT2D eigenvalue weighted by Gasteiger charge is 2.24. The zero-order valence-electron chi connectivity index (χ0n) is 27.5. The zero-order chi connectivity index (χ0) is 33.5. The van der Waals surface area contributed by atoms with Gasteiger partial charge in [0, 0.05) is 27.5 Å². The van der Waals surface area contributed by atoms with Crippen LogP contribution in [0.3, 0.4) is 0 Å². The van der Waals surface area contributed by atoms with Gasteiger partial charge in [-0.2, -0.15) is 0 Å². The molecule has 8 aromatic carbocycles. The first-order chi connectivity index (χ1) is 25.2. The molecule has 0 saturated carbocycles. The summed E-state index contributed by atoms with van der Waals surface area (Å²) in [6.07, 6.45) is 0. The second kappa shape index (κ2) is 10.8. The number of hydrogen-bond acceptors (Lipinski definition) is 3. The fourth-order valence-corrected chi connectivity index (χ4v) is 7.96. The van der Waals surface area contributed by atoms with Crippen molar-refractivity contribution in [3.05, 3.63) is 170 Å². The fraction of sp³-hybridized carbons (Fsp3) is 0. The minimum absolute atomic E-state index is 0.678.